The second-order valence-corrected chi connectivity index (χ2v) is 6.96. The molecule has 0 aliphatic heterocycles. The van der Waals surface area contributed by atoms with Crippen molar-refractivity contribution in [1.82, 2.24) is 20.1 Å². The van der Waals surface area contributed by atoms with Gasteiger partial charge in [-0.05, 0) is 26.7 Å². The van der Waals surface area contributed by atoms with E-state index in [1.807, 2.05) is 6.92 Å². The molecule has 2 N–H and O–H groups in total. The van der Waals surface area contributed by atoms with Gasteiger partial charge in [-0.15, -0.1) is 0 Å². The zero-order valence-corrected chi connectivity index (χ0v) is 14.6. The molecule has 0 spiro atoms. The Morgan fingerprint density at radius 2 is 2.00 bits per heavy atom. The molecule has 0 radical (unpaired) electrons. The lowest BCUT2D eigenvalue weighted by molar-refractivity contribution is -0.0384. The normalized spacial score (nSPS) is 17.9. The van der Waals surface area contributed by atoms with Crippen LogP contribution >= 0.6 is 0 Å². The Morgan fingerprint density at radius 1 is 1.27 bits per heavy atom. The molecule has 1 saturated carbocycles. The van der Waals surface area contributed by atoms with E-state index in [1.54, 1.807) is 13.1 Å². The molecule has 4 rings (SSSR count). The molecule has 1 aliphatic carbocycles. The third-order valence-corrected chi connectivity index (χ3v) is 5.15. The van der Waals surface area contributed by atoms with Crippen LogP contribution in [0.2, 0.25) is 0 Å². The zero-order chi connectivity index (χ0) is 18.5. The lowest BCUT2D eigenvalue weighted by atomic mass is 9.83. The molecule has 0 unspecified atom stereocenters. The minimum absolute atomic E-state index is 0.101. The lowest BCUT2D eigenvalue weighted by Crippen LogP contribution is -2.24. The highest BCUT2D eigenvalue weighted by Crippen LogP contribution is 2.43. The van der Waals surface area contributed by atoms with Crippen molar-refractivity contribution in [3.8, 4) is 11.3 Å². The SMILES string of the molecule is Cc1noc(C)c1-c1nc2c(CO)c[nH]c2nc1C1CCC(F)(F)CC1. The number of fused-ring (bicyclic) bond motifs is 1. The Hall–Kier alpha value is -2.35. The van der Waals surface area contributed by atoms with Gasteiger partial charge in [-0.1, -0.05) is 5.16 Å². The van der Waals surface area contributed by atoms with E-state index in [2.05, 4.69) is 10.1 Å². The van der Waals surface area contributed by atoms with E-state index < -0.39 is 5.92 Å². The minimum atomic E-state index is -2.60. The molecule has 0 saturated heterocycles. The van der Waals surface area contributed by atoms with Crippen LogP contribution in [0.5, 0.6) is 0 Å². The maximum Gasteiger partial charge on any atom is 0.248 e. The molecule has 138 valence electrons. The Bertz CT molecular complexity index is 934. The van der Waals surface area contributed by atoms with Gasteiger partial charge in [0.1, 0.15) is 11.3 Å². The van der Waals surface area contributed by atoms with Crippen molar-refractivity contribution in [2.75, 3.05) is 0 Å². The van der Waals surface area contributed by atoms with Crippen LogP contribution in [0.15, 0.2) is 10.7 Å². The van der Waals surface area contributed by atoms with Gasteiger partial charge in [0.15, 0.2) is 5.65 Å². The van der Waals surface area contributed by atoms with Crippen molar-refractivity contribution in [1.29, 1.82) is 0 Å². The minimum Gasteiger partial charge on any atom is -0.392 e. The molecule has 8 heteroatoms. The van der Waals surface area contributed by atoms with Gasteiger partial charge in [-0.25, -0.2) is 18.7 Å². The van der Waals surface area contributed by atoms with Crippen molar-refractivity contribution in [2.45, 2.75) is 58.0 Å². The Kier molecular flexibility index (Phi) is 4.02. The summed E-state index contributed by atoms with van der Waals surface area (Å²) in [4.78, 5) is 12.5. The van der Waals surface area contributed by atoms with E-state index >= 15 is 0 Å². The Labute approximate surface area is 148 Å². The summed E-state index contributed by atoms with van der Waals surface area (Å²) in [6, 6.07) is 0. The molecule has 3 aromatic rings. The van der Waals surface area contributed by atoms with E-state index in [0.29, 0.717) is 52.4 Å². The summed E-state index contributed by atoms with van der Waals surface area (Å²) in [6.07, 6.45) is 2.09. The van der Waals surface area contributed by atoms with Gasteiger partial charge >= 0.3 is 0 Å². The fraction of sp³-hybridized carbons (Fsp3) is 0.500. The highest BCUT2D eigenvalue weighted by atomic mass is 19.3. The molecular formula is C18H20F2N4O2. The zero-order valence-electron chi connectivity index (χ0n) is 14.6. The molecule has 0 atom stereocenters. The summed E-state index contributed by atoms with van der Waals surface area (Å²) in [5.41, 5.74) is 4.50. The number of alkyl halides is 2. The first-order valence-electron chi connectivity index (χ1n) is 8.69. The van der Waals surface area contributed by atoms with E-state index in [9.17, 15) is 13.9 Å². The monoisotopic (exact) mass is 362 g/mol. The largest absolute Gasteiger partial charge is 0.392 e. The molecule has 26 heavy (non-hydrogen) atoms. The van der Waals surface area contributed by atoms with Crippen LogP contribution in [-0.4, -0.2) is 31.1 Å². The summed E-state index contributed by atoms with van der Waals surface area (Å²) in [5, 5.41) is 13.5. The molecular weight excluding hydrogens is 342 g/mol. The number of hydrogen-bond donors (Lipinski definition) is 2. The van der Waals surface area contributed by atoms with Crippen LogP contribution in [0, 0.1) is 13.8 Å². The van der Waals surface area contributed by atoms with Crippen LogP contribution in [-0.2, 0) is 6.61 Å². The summed E-state index contributed by atoms with van der Waals surface area (Å²) in [5.74, 6) is -2.09. The molecule has 3 heterocycles. The van der Waals surface area contributed by atoms with Crippen LogP contribution < -0.4 is 0 Å². The van der Waals surface area contributed by atoms with E-state index in [0.717, 1.165) is 5.56 Å². The lowest BCUT2D eigenvalue weighted by Gasteiger charge is -2.28. The van der Waals surface area contributed by atoms with Gasteiger partial charge in [0.2, 0.25) is 5.92 Å². The third-order valence-electron chi connectivity index (χ3n) is 5.15. The van der Waals surface area contributed by atoms with Crippen molar-refractivity contribution in [3.63, 3.8) is 0 Å². The van der Waals surface area contributed by atoms with Crippen molar-refractivity contribution in [3.05, 3.63) is 28.9 Å². The maximum absolute atomic E-state index is 13.6. The van der Waals surface area contributed by atoms with Crippen molar-refractivity contribution in [2.24, 2.45) is 0 Å². The first-order valence-corrected chi connectivity index (χ1v) is 8.69. The van der Waals surface area contributed by atoms with Crippen LogP contribution in [0.3, 0.4) is 0 Å². The highest BCUT2D eigenvalue weighted by Gasteiger charge is 2.37. The number of nitrogens with zero attached hydrogens (tertiary/aromatic N) is 3. The number of nitrogens with one attached hydrogen (secondary N) is 1. The molecule has 0 bridgehead atoms. The summed E-state index contributed by atoms with van der Waals surface area (Å²) in [6.45, 7) is 3.45. The predicted octanol–water partition coefficient (Wildman–Crippen LogP) is 4.01. The fourth-order valence-electron chi connectivity index (χ4n) is 3.72. The van der Waals surface area contributed by atoms with Gasteiger partial charge in [0.25, 0.3) is 0 Å². The first kappa shape index (κ1) is 17.1. The number of aliphatic hydroxyl groups excluding tert-OH is 1. The molecule has 1 fully saturated rings. The van der Waals surface area contributed by atoms with Gasteiger partial charge in [-0.3, -0.25) is 0 Å². The van der Waals surface area contributed by atoms with Crippen LogP contribution in [0.1, 0.15) is 54.3 Å². The van der Waals surface area contributed by atoms with Gasteiger partial charge in [-0.2, -0.15) is 0 Å². The second-order valence-electron chi connectivity index (χ2n) is 6.96. The average Bonchev–Trinajstić information content (AvgIpc) is 3.16. The third kappa shape index (κ3) is 2.78. The number of rotatable bonds is 3. The molecule has 1 aliphatic rings. The molecule has 3 aromatic heterocycles. The van der Waals surface area contributed by atoms with Crippen LogP contribution in [0.4, 0.5) is 8.78 Å². The van der Waals surface area contributed by atoms with Gasteiger partial charge < -0.3 is 14.6 Å². The van der Waals surface area contributed by atoms with E-state index in [1.165, 1.54) is 0 Å². The first-order chi connectivity index (χ1) is 12.4. The number of halogens is 2. The number of aromatic amines is 1. The maximum atomic E-state index is 13.6. The number of hydrogen-bond acceptors (Lipinski definition) is 5. The van der Waals surface area contributed by atoms with Crippen molar-refractivity contribution < 1.29 is 18.4 Å². The summed E-state index contributed by atoms with van der Waals surface area (Å²) in [7, 11) is 0. The number of H-pyrrole nitrogens is 1. The highest BCUT2D eigenvalue weighted by molar-refractivity contribution is 5.80. The predicted molar refractivity (Wildman–Crippen MR) is 90.9 cm³/mol. The van der Waals surface area contributed by atoms with E-state index in [-0.39, 0.29) is 25.4 Å². The summed E-state index contributed by atoms with van der Waals surface area (Å²) >= 11 is 0. The number of aliphatic hydroxyl groups is 1. The quantitative estimate of drug-likeness (QED) is 0.735. The Balaban J connectivity index is 1.89. The fourth-order valence-corrected chi connectivity index (χ4v) is 3.72. The Morgan fingerprint density at radius 3 is 2.62 bits per heavy atom. The van der Waals surface area contributed by atoms with Gasteiger partial charge in [0.05, 0.1) is 29.3 Å². The molecule has 6 nitrogen and oxygen atoms in total. The molecule has 0 aromatic carbocycles. The van der Waals surface area contributed by atoms with Crippen molar-refractivity contribution >= 4 is 11.2 Å². The smallest absolute Gasteiger partial charge is 0.248 e. The average molecular weight is 362 g/mol. The van der Waals surface area contributed by atoms with Crippen LogP contribution in [0.25, 0.3) is 22.4 Å². The molecule has 0 amide bonds. The second kappa shape index (κ2) is 6.12. The van der Waals surface area contributed by atoms with E-state index in [4.69, 9.17) is 14.5 Å². The number of aryl methyl sites for hydroxylation is 2. The number of aromatic nitrogens is 4. The van der Waals surface area contributed by atoms with Gasteiger partial charge in [0, 0.05) is 30.5 Å². The standard InChI is InChI=1S/C18H20F2N4O2/c1-9-13(10(2)26-24-9)16-14(11-3-5-18(19,20)6-4-11)23-17-15(22-16)12(8-25)7-21-17/h7,11,25H,3-6,8H2,1-2H3,(H,21,23). The summed E-state index contributed by atoms with van der Waals surface area (Å²) < 4.78 is 32.5. The topological polar surface area (TPSA) is 87.8 Å².